The van der Waals surface area contributed by atoms with Crippen molar-refractivity contribution < 1.29 is 53.5 Å². The molecule has 43 heavy (non-hydrogen) atoms. The summed E-state index contributed by atoms with van der Waals surface area (Å²) in [5.74, 6) is 0. The van der Waals surface area contributed by atoms with E-state index in [9.17, 15) is 0 Å². The van der Waals surface area contributed by atoms with E-state index in [2.05, 4.69) is 102 Å². The molecular weight excluding hydrogens is 645 g/mol. The Morgan fingerprint density at radius 3 is 1.47 bits per heavy atom. The van der Waals surface area contributed by atoms with E-state index in [1.54, 1.807) is 0 Å². The number of aromatic nitrogens is 1. The third kappa shape index (κ3) is 14.3. The normalized spacial score (nSPS) is 19.0. The van der Waals surface area contributed by atoms with Gasteiger partial charge in [-0.3, -0.25) is 14.8 Å². The van der Waals surface area contributed by atoms with Crippen LogP contribution in [-0.4, -0.2) is 53.2 Å². The SMILES string of the molecule is [Cl][Cu+].[O-][Cl+3]([O-])([O-])[O-].c1ccc(COC[C@@H]2CCCN2Cc2cccc(CN3CCC[C@H]3COCc3ccccc3)n2)cc1. The van der Waals surface area contributed by atoms with E-state index in [1.807, 2.05) is 12.1 Å². The molecule has 2 aliphatic heterocycles. The van der Waals surface area contributed by atoms with Crippen molar-refractivity contribution in [3.05, 3.63) is 101 Å². The van der Waals surface area contributed by atoms with Crippen LogP contribution in [0.4, 0.5) is 0 Å². The number of benzene rings is 2. The molecule has 0 amide bonds. The zero-order chi connectivity index (χ0) is 30.9. The van der Waals surface area contributed by atoms with Crippen LogP contribution in [0.2, 0.25) is 0 Å². The minimum atomic E-state index is -4.94. The van der Waals surface area contributed by atoms with Crippen molar-refractivity contribution in [2.24, 2.45) is 0 Å². The van der Waals surface area contributed by atoms with Gasteiger partial charge in [-0.2, -0.15) is 0 Å². The molecule has 0 spiro atoms. The summed E-state index contributed by atoms with van der Waals surface area (Å²) >= 11 is 3.66. The van der Waals surface area contributed by atoms with E-state index >= 15 is 0 Å². The minimum absolute atomic E-state index is 0.476. The van der Waals surface area contributed by atoms with Crippen LogP contribution >= 0.6 is 10.1 Å². The number of hydrogen-bond donors (Lipinski definition) is 0. The Morgan fingerprint density at radius 1 is 0.674 bits per heavy atom. The van der Waals surface area contributed by atoms with Gasteiger partial charge in [-0.1, -0.05) is 66.7 Å². The Bertz CT molecular complexity index is 1080. The van der Waals surface area contributed by atoms with Gasteiger partial charge in [0, 0.05) is 25.2 Å². The number of halogens is 2. The monoisotopic (exact) mass is 682 g/mol. The Hall–Kier alpha value is -1.63. The number of ether oxygens (including phenoxy) is 2. The maximum atomic E-state index is 8.49. The summed E-state index contributed by atoms with van der Waals surface area (Å²) in [6.07, 6.45) is 4.87. The van der Waals surface area contributed by atoms with Crippen LogP contribution in [0.15, 0.2) is 78.9 Å². The zero-order valence-electron chi connectivity index (χ0n) is 24.0. The average molecular weight is 684 g/mol. The molecule has 0 aliphatic carbocycles. The maximum Gasteiger partial charge on any atom is 0.0717 e. The minimum Gasteiger partial charge on any atom is -0.375 e. The molecule has 2 aliphatic rings. The predicted octanol–water partition coefficient (Wildman–Crippen LogP) is 1.38. The van der Waals surface area contributed by atoms with Gasteiger partial charge in [-0.05, 0) is 62.0 Å². The average Bonchev–Trinajstić information content (AvgIpc) is 3.63. The second-order valence-electron chi connectivity index (χ2n) is 10.5. The summed E-state index contributed by atoms with van der Waals surface area (Å²) in [5.41, 5.74) is 4.81. The number of likely N-dealkylation sites (tertiary alicyclic amines) is 2. The van der Waals surface area contributed by atoms with Gasteiger partial charge in [0.05, 0.1) is 37.8 Å². The van der Waals surface area contributed by atoms with Crippen molar-refractivity contribution in [3.63, 3.8) is 0 Å². The van der Waals surface area contributed by atoms with Crippen molar-refractivity contribution >= 4 is 10.1 Å². The molecule has 2 fully saturated rings. The fourth-order valence-electron chi connectivity index (χ4n) is 5.48. The fraction of sp³-hybridized carbons (Fsp3) is 0.452. The first-order valence-corrected chi connectivity index (χ1v) is 16.8. The van der Waals surface area contributed by atoms with Crippen LogP contribution in [0.5, 0.6) is 0 Å². The second-order valence-corrected chi connectivity index (χ2v) is 11.3. The molecule has 9 nitrogen and oxygen atoms in total. The largest absolute Gasteiger partial charge is 0.375 e. The molecule has 0 N–H and O–H groups in total. The standard InChI is InChI=1S/C31H39N3O2.ClHO4.ClH.Cu/c1-3-10-26(11-4-1)22-35-24-30-16-8-18-33(30)20-28-14-7-15-29(32-28)21-34-19-9-17-31(34)25-36-23-27-12-5-2-6-13-27;2-1(3,4)5;;/h1-7,10-15,30-31H,8-9,16-25H2;(H,2,3,4,5);1H;/q;;;+2/p-2/t30-,31-;;;/m0.../s1. The summed E-state index contributed by atoms with van der Waals surface area (Å²) in [6.45, 7) is 6.99. The third-order valence-corrected chi connectivity index (χ3v) is 7.44. The topological polar surface area (TPSA) is 130 Å². The molecule has 2 atom stereocenters. The number of rotatable bonds is 12. The number of hydrogen-bond acceptors (Lipinski definition) is 9. The number of pyridine rings is 1. The summed E-state index contributed by atoms with van der Waals surface area (Å²) in [4.78, 5) is 10.2. The smallest absolute Gasteiger partial charge is 0.0717 e. The first-order valence-electron chi connectivity index (χ1n) is 14.2. The summed E-state index contributed by atoms with van der Waals surface area (Å²) in [7, 11) is -0.743. The Morgan fingerprint density at radius 2 is 1.07 bits per heavy atom. The Kier molecular flexibility index (Phi) is 16.4. The van der Waals surface area contributed by atoms with Gasteiger partial charge in [0.15, 0.2) is 0 Å². The fourth-order valence-corrected chi connectivity index (χ4v) is 5.48. The molecule has 0 unspecified atom stereocenters. The van der Waals surface area contributed by atoms with Crippen molar-refractivity contribution in [3.8, 4) is 0 Å². The zero-order valence-corrected chi connectivity index (χ0v) is 26.4. The van der Waals surface area contributed by atoms with Crippen LogP contribution in [0.25, 0.3) is 0 Å². The van der Waals surface area contributed by atoms with Gasteiger partial charge >= 0.3 is 25.2 Å². The first kappa shape index (κ1) is 35.8. The molecule has 2 aromatic carbocycles. The predicted molar refractivity (Wildman–Crippen MR) is 149 cm³/mol. The number of nitrogens with zero attached hydrogens (tertiary/aromatic N) is 3. The molecule has 12 heteroatoms. The van der Waals surface area contributed by atoms with Crippen LogP contribution in [-0.2, 0) is 50.9 Å². The van der Waals surface area contributed by atoms with Crippen molar-refractivity contribution in [2.75, 3.05) is 26.3 Å². The van der Waals surface area contributed by atoms with E-state index in [0.29, 0.717) is 25.3 Å². The van der Waals surface area contributed by atoms with Crippen molar-refractivity contribution in [2.45, 2.75) is 64.1 Å². The van der Waals surface area contributed by atoms with Crippen molar-refractivity contribution in [1.29, 1.82) is 0 Å². The molecule has 3 aromatic rings. The van der Waals surface area contributed by atoms with Crippen LogP contribution in [0.1, 0.15) is 48.2 Å². The van der Waals surface area contributed by atoms with Gasteiger partial charge < -0.3 is 9.47 Å². The molecule has 5 rings (SSSR count). The van der Waals surface area contributed by atoms with E-state index in [4.69, 9.17) is 33.1 Å². The van der Waals surface area contributed by atoms with Crippen LogP contribution in [0.3, 0.4) is 0 Å². The Labute approximate surface area is 269 Å². The van der Waals surface area contributed by atoms with Gasteiger partial charge in [-0.25, -0.2) is 18.6 Å². The van der Waals surface area contributed by atoms with E-state index in [0.717, 1.165) is 39.4 Å². The summed E-state index contributed by atoms with van der Waals surface area (Å²) in [5, 5.41) is 0. The van der Waals surface area contributed by atoms with Gasteiger partial charge in [-0.15, -0.1) is 10.2 Å². The van der Waals surface area contributed by atoms with Crippen LogP contribution in [0, 0.1) is 10.2 Å². The van der Waals surface area contributed by atoms with E-state index in [-0.39, 0.29) is 0 Å². The quantitative estimate of drug-likeness (QED) is 0.260. The summed E-state index contributed by atoms with van der Waals surface area (Å²) < 4.78 is 46.1. The molecule has 0 radical (unpaired) electrons. The molecule has 0 saturated carbocycles. The first-order chi connectivity index (χ1) is 20.8. The van der Waals surface area contributed by atoms with Gasteiger partial charge in [0.2, 0.25) is 0 Å². The molecular formula is C31H39Cl2CuN3O6. The van der Waals surface area contributed by atoms with Crippen molar-refractivity contribution in [1.82, 2.24) is 14.8 Å². The third-order valence-electron chi connectivity index (χ3n) is 7.44. The molecule has 3 heterocycles. The molecule has 2 saturated heterocycles. The molecule has 239 valence electrons. The Balaban J connectivity index is 0.000000657. The summed E-state index contributed by atoms with van der Waals surface area (Å²) in [6, 6.07) is 28.4. The van der Waals surface area contributed by atoms with E-state index < -0.39 is 10.2 Å². The maximum absolute atomic E-state index is 8.49. The van der Waals surface area contributed by atoms with Gasteiger partial charge in [0.25, 0.3) is 0 Å². The van der Waals surface area contributed by atoms with Gasteiger partial charge in [0.1, 0.15) is 0 Å². The van der Waals surface area contributed by atoms with E-state index in [1.165, 1.54) is 48.2 Å². The van der Waals surface area contributed by atoms with Crippen LogP contribution < -0.4 is 18.6 Å². The molecule has 1 aromatic heterocycles. The second kappa shape index (κ2) is 19.7. The molecule has 0 bridgehead atoms.